The van der Waals surface area contributed by atoms with E-state index >= 15 is 0 Å². The number of nitrogens with one attached hydrogen (secondary N) is 1. The first-order chi connectivity index (χ1) is 35.0. The van der Waals surface area contributed by atoms with Gasteiger partial charge in [-0.1, -0.05) is 280 Å². The summed E-state index contributed by atoms with van der Waals surface area (Å²) in [5.41, 5.74) is 0. The molecule has 0 aromatic carbocycles. The zero-order valence-electron chi connectivity index (χ0n) is 48.2. The highest BCUT2D eigenvalue weighted by molar-refractivity contribution is 7.47. The van der Waals surface area contributed by atoms with Gasteiger partial charge in [0.1, 0.15) is 13.2 Å². The molecule has 0 fully saturated rings. The average Bonchev–Trinajstić information content (AvgIpc) is 3.34. The summed E-state index contributed by atoms with van der Waals surface area (Å²) >= 11 is 0. The summed E-state index contributed by atoms with van der Waals surface area (Å²) in [7, 11) is 1.62. The van der Waals surface area contributed by atoms with Gasteiger partial charge in [0.25, 0.3) is 0 Å². The Balaban J connectivity index is 3.98. The van der Waals surface area contributed by atoms with Gasteiger partial charge in [-0.15, -0.1) is 0 Å². The highest BCUT2D eigenvalue weighted by Gasteiger charge is 2.28. The second-order valence-electron chi connectivity index (χ2n) is 22.1. The summed E-state index contributed by atoms with van der Waals surface area (Å²) < 4.78 is 23.8. The van der Waals surface area contributed by atoms with Crippen molar-refractivity contribution < 1.29 is 32.9 Å². The minimum Gasteiger partial charge on any atom is -0.391 e. The van der Waals surface area contributed by atoms with Crippen molar-refractivity contribution in [3.8, 4) is 0 Å². The van der Waals surface area contributed by atoms with E-state index in [1.807, 2.05) is 21.1 Å². The van der Waals surface area contributed by atoms with Crippen LogP contribution in [-0.4, -0.2) is 73.4 Å². The number of carbonyl (C=O) groups excluding carboxylic acids is 1. The van der Waals surface area contributed by atoms with Crippen LogP contribution >= 0.6 is 7.82 Å². The number of nitrogens with zero attached hydrogens (tertiary/aromatic N) is 1. The van der Waals surface area contributed by atoms with Crippen molar-refractivity contribution >= 4 is 13.7 Å². The maximum absolute atomic E-state index is 13.0. The number of hydrogen-bond donors (Lipinski definition) is 3. The van der Waals surface area contributed by atoms with Gasteiger partial charge in [-0.3, -0.25) is 13.8 Å². The normalized spacial score (nSPS) is 14.3. The third-order valence-corrected chi connectivity index (χ3v) is 14.8. The van der Waals surface area contributed by atoms with Gasteiger partial charge in [-0.25, -0.2) is 4.57 Å². The molecule has 3 atom stereocenters. The third-order valence-electron chi connectivity index (χ3n) is 13.8. The molecular formula is C63H120N2O6P+. The molecule has 3 N–H and O–H groups in total. The zero-order chi connectivity index (χ0) is 52.7. The van der Waals surface area contributed by atoms with Crippen LogP contribution in [0.15, 0.2) is 60.8 Å². The smallest absolute Gasteiger partial charge is 0.391 e. The topological polar surface area (TPSA) is 105 Å². The number of rotatable bonds is 56. The second-order valence-corrected chi connectivity index (χ2v) is 23.5. The SMILES string of the molecule is CC/C=C\C/C=C\C/C=C\C/C=C\C/C=C\CCCCCCCCCCCCCCCCCCCCCC(=O)NC(COP(=O)(O)OCC[N+](C)(C)C)C(O)CCCCCCCCCCCCCCCCC. The molecule has 0 saturated carbocycles. The molecule has 0 spiro atoms. The summed E-state index contributed by atoms with van der Waals surface area (Å²) in [5, 5.41) is 14.1. The van der Waals surface area contributed by atoms with Gasteiger partial charge in [0.05, 0.1) is 39.9 Å². The van der Waals surface area contributed by atoms with Crippen molar-refractivity contribution in [3.63, 3.8) is 0 Å². The molecule has 0 rings (SSSR count). The van der Waals surface area contributed by atoms with Crippen molar-refractivity contribution in [1.82, 2.24) is 5.32 Å². The molecule has 0 radical (unpaired) electrons. The van der Waals surface area contributed by atoms with Crippen molar-refractivity contribution in [2.24, 2.45) is 0 Å². The number of unbranched alkanes of at least 4 members (excludes halogenated alkanes) is 33. The Morgan fingerprint density at radius 1 is 0.486 bits per heavy atom. The summed E-state index contributed by atoms with van der Waals surface area (Å²) in [6.45, 7) is 4.80. The van der Waals surface area contributed by atoms with Crippen LogP contribution in [0.5, 0.6) is 0 Å². The van der Waals surface area contributed by atoms with Crippen molar-refractivity contribution in [1.29, 1.82) is 0 Å². The number of likely N-dealkylation sites (N-methyl/N-ethyl adjacent to an activating group) is 1. The van der Waals surface area contributed by atoms with Gasteiger partial charge < -0.3 is 19.8 Å². The van der Waals surface area contributed by atoms with E-state index in [-0.39, 0.29) is 19.1 Å². The Bertz CT molecular complexity index is 1360. The van der Waals surface area contributed by atoms with Crippen LogP contribution in [0.2, 0.25) is 0 Å². The highest BCUT2D eigenvalue weighted by Crippen LogP contribution is 2.43. The quantitative estimate of drug-likeness (QED) is 0.0243. The van der Waals surface area contributed by atoms with Crippen LogP contribution in [-0.2, 0) is 18.4 Å². The highest BCUT2D eigenvalue weighted by atomic mass is 31.2. The molecule has 1 amide bonds. The number of amides is 1. The second kappa shape index (κ2) is 54.0. The molecule has 72 heavy (non-hydrogen) atoms. The van der Waals surface area contributed by atoms with Crippen molar-refractivity contribution in [3.05, 3.63) is 60.8 Å². The molecule has 422 valence electrons. The predicted molar refractivity (Wildman–Crippen MR) is 314 cm³/mol. The molecule has 0 heterocycles. The van der Waals surface area contributed by atoms with Gasteiger partial charge >= 0.3 is 7.82 Å². The number of aliphatic hydroxyl groups excluding tert-OH is 1. The fourth-order valence-electron chi connectivity index (χ4n) is 9.02. The molecule has 0 aromatic rings. The fourth-order valence-corrected chi connectivity index (χ4v) is 9.75. The Labute approximate surface area is 447 Å². The Morgan fingerprint density at radius 2 is 0.833 bits per heavy atom. The number of phosphoric ester groups is 1. The summed E-state index contributed by atoms with van der Waals surface area (Å²) in [5.74, 6) is -0.141. The van der Waals surface area contributed by atoms with Crippen molar-refractivity contribution in [2.45, 2.75) is 296 Å². The largest absolute Gasteiger partial charge is 0.472 e. The van der Waals surface area contributed by atoms with Crippen molar-refractivity contribution in [2.75, 3.05) is 40.9 Å². The first kappa shape index (κ1) is 70.2. The lowest BCUT2D eigenvalue weighted by Crippen LogP contribution is -2.46. The lowest BCUT2D eigenvalue weighted by molar-refractivity contribution is -0.870. The predicted octanol–water partition coefficient (Wildman–Crippen LogP) is 18.9. The molecule has 8 nitrogen and oxygen atoms in total. The van der Waals surface area contributed by atoms with E-state index in [0.717, 1.165) is 70.6 Å². The van der Waals surface area contributed by atoms with Crippen LogP contribution in [0.25, 0.3) is 0 Å². The first-order valence-electron chi connectivity index (χ1n) is 30.7. The third kappa shape index (κ3) is 55.9. The van der Waals surface area contributed by atoms with E-state index in [4.69, 9.17) is 9.05 Å². The molecule has 0 aromatic heterocycles. The minimum atomic E-state index is -4.32. The molecule has 9 heteroatoms. The van der Waals surface area contributed by atoms with E-state index in [0.29, 0.717) is 23.9 Å². The van der Waals surface area contributed by atoms with E-state index in [2.05, 4.69) is 79.9 Å². The van der Waals surface area contributed by atoms with Gasteiger partial charge in [-0.05, 0) is 57.8 Å². The number of hydrogen-bond acceptors (Lipinski definition) is 5. The maximum Gasteiger partial charge on any atom is 0.472 e. The molecule has 0 aliphatic carbocycles. The van der Waals surface area contributed by atoms with Gasteiger partial charge in [0.2, 0.25) is 5.91 Å². The van der Waals surface area contributed by atoms with Gasteiger partial charge in [0.15, 0.2) is 0 Å². The molecular weight excluding hydrogens is 912 g/mol. The standard InChI is InChI=1S/C63H119N2O6P/c1-6-8-10-12-14-16-18-20-22-23-24-25-26-27-28-29-30-31-32-33-34-35-36-37-38-39-40-41-43-45-47-49-51-53-55-57-63(67)64-61(60-71-72(68,69)70-59-58-65(3,4)5)62(66)56-54-52-50-48-46-44-42-21-19-17-15-13-11-9-7-2/h8,10,14,16,20,22,24-25,27-28,61-62,66H,6-7,9,11-13,15,17-19,21,23,26,29-60H2,1-5H3,(H-,64,67,68,69)/p+1/b10-8-,16-14-,22-20-,25-24-,28-27-. The first-order valence-corrected chi connectivity index (χ1v) is 32.1. The van der Waals surface area contributed by atoms with Crippen LogP contribution in [0.3, 0.4) is 0 Å². The zero-order valence-corrected chi connectivity index (χ0v) is 49.1. The molecule has 0 aliphatic heterocycles. The number of phosphoric acid groups is 1. The number of aliphatic hydroxyl groups is 1. The van der Waals surface area contributed by atoms with Gasteiger partial charge in [0, 0.05) is 6.42 Å². The number of carbonyl (C=O) groups is 1. The van der Waals surface area contributed by atoms with E-state index < -0.39 is 20.0 Å². The summed E-state index contributed by atoms with van der Waals surface area (Å²) in [6, 6.07) is -0.760. The Hall–Kier alpha value is -1.80. The summed E-state index contributed by atoms with van der Waals surface area (Å²) in [4.78, 5) is 23.3. The lowest BCUT2D eigenvalue weighted by Gasteiger charge is -2.26. The van der Waals surface area contributed by atoms with E-state index in [1.54, 1.807) is 0 Å². The number of quaternary nitrogens is 1. The Morgan fingerprint density at radius 3 is 1.22 bits per heavy atom. The minimum absolute atomic E-state index is 0.0752. The fraction of sp³-hybridized carbons (Fsp3) is 0.825. The lowest BCUT2D eigenvalue weighted by atomic mass is 10.0. The molecule has 0 bridgehead atoms. The monoisotopic (exact) mass is 1030 g/mol. The van der Waals surface area contributed by atoms with Crippen LogP contribution in [0, 0.1) is 0 Å². The van der Waals surface area contributed by atoms with Crippen LogP contribution < -0.4 is 5.32 Å². The average molecular weight is 1030 g/mol. The van der Waals surface area contributed by atoms with E-state index in [1.165, 1.54) is 186 Å². The maximum atomic E-state index is 13.0. The molecule has 0 saturated heterocycles. The van der Waals surface area contributed by atoms with E-state index in [9.17, 15) is 19.4 Å². The van der Waals surface area contributed by atoms with Crippen LogP contribution in [0.4, 0.5) is 0 Å². The Kier molecular flexibility index (Phi) is 52.7. The van der Waals surface area contributed by atoms with Crippen LogP contribution in [0.1, 0.15) is 284 Å². The summed E-state index contributed by atoms with van der Waals surface area (Å²) in [6.07, 6.45) is 72.9. The number of allylic oxidation sites excluding steroid dienone is 10. The van der Waals surface area contributed by atoms with Gasteiger partial charge in [-0.2, -0.15) is 0 Å². The molecule has 3 unspecified atom stereocenters. The molecule has 0 aliphatic rings.